The summed E-state index contributed by atoms with van der Waals surface area (Å²) in [6, 6.07) is 5.12. The van der Waals surface area contributed by atoms with Gasteiger partial charge in [0.1, 0.15) is 0 Å². The Bertz CT molecular complexity index is 515. The standard InChI is InChI=1S/C13H21NO3S2/c1-4-12-6-5-11(10-15)9-13(12)19(16,17)14(2)7-8-18-3/h5-6,9,15H,4,7-8,10H2,1-3H3. The van der Waals surface area contributed by atoms with Crippen LogP contribution in [-0.4, -0.2) is 43.4 Å². The van der Waals surface area contributed by atoms with Gasteiger partial charge in [-0.2, -0.15) is 11.8 Å². The highest BCUT2D eigenvalue weighted by Gasteiger charge is 2.23. The zero-order valence-corrected chi connectivity index (χ0v) is 13.2. The van der Waals surface area contributed by atoms with Gasteiger partial charge in [-0.05, 0) is 29.9 Å². The van der Waals surface area contributed by atoms with E-state index in [0.717, 1.165) is 11.3 Å². The van der Waals surface area contributed by atoms with E-state index in [-0.39, 0.29) is 6.61 Å². The summed E-state index contributed by atoms with van der Waals surface area (Å²) < 4.78 is 26.4. The number of aliphatic hydroxyl groups excluding tert-OH is 1. The Labute approximate surface area is 119 Å². The first-order valence-corrected chi connectivity index (χ1v) is 8.98. The fraction of sp³-hybridized carbons (Fsp3) is 0.538. The Morgan fingerprint density at radius 2 is 2.05 bits per heavy atom. The van der Waals surface area contributed by atoms with Crippen LogP contribution in [0.3, 0.4) is 0 Å². The van der Waals surface area contributed by atoms with Crippen LogP contribution in [0.25, 0.3) is 0 Å². The van der Waals surface area contributed by atoms with Crippen molar-refractivity contribution in [2.75, 3.05) is 25.6 Å². The number of hydrogen-bond donors (Lipinski definition) is 1. The molecule has 108 valence electrons. The van der Waals surface area contributed by atoms with Gasteiger partial charge in [-0.3, -0.25) is 0 Å². The molecule has 0 heterocycles. The number of nitrogens with zero attached hydrogens (tertiary/aromatic N) is 1. The number of aryl methyl sites for hydroxylation is 1. The molecule has 1 N–H and O–H groups in total. The van der Waals surface area contributed by atoms with Crippen LogP contribution in [0.2, 0.25) is 0 Å². The molecule has 0 saturated heterocycles. The van der Waals surface area contributed by atoms with E-state index in [4.69, 9.17) is 5.11 Å². The normalized spacial score (nSPS) is 12.1. The Hall–Kier alpha value is -0.560. The number of benzene rings is 1. The lowest BCUT2D eigenvalue weighted by Gasteiger charge is -2.19. The summed E-state index contributed by atoms with van der Waals surface area (Å²) >= 11 is 1.61. The van der Waals surface area contributed by atoms with Gasteiger partial charge in [0, 0.05) is 19.3 Å². The number of aliphatic hydroxyl groups is 1. The fourth-order valence-electron chi connectivity index (χ4n) is 1.74. The van der Waals surface area contributed by atoms with Crippen molar-refractivity contribution in [3.8, 4) is 0 Å². The van der Waals surface area contributed by atoms with Gasteiger partial charge in [0.05, 0.1) is 11.5 Å². The van der Waals surface area contributed by atoms with Crippen LogP contribution in [0.5, 0.6) is 0 Å². The maximum atomic E-state index is 12.5. The second kappa shape index (κ2) is 7.28. The van der Waals surface area contributed by atoms with Gasteiger partial charge in [0.15, 0.2) is 0 Å². The molecule has 0 aromatic heterocycles. The zero-order valence-electron chi connectivity index (χ0n) is 11.6. The summed E-state index contributed by atoms with van der Waals surface area (Å²) in [7, 11) is -1.88. The van der Waals surface area contributed by atoms with Crippen molar-refractivity contribution >= 4 is 21.8 Å². The predicted molar refractivity (Wildman–Crippen MR) is 79.9 cm³/mol. The topological polar surface area (TPSA) is 57.6 Å². The molecule has 0 saturated carbocycles. The van der Waals surface area contributed by atoms with Crippen LogP contribution < -0.4 is 0 Å². The summed E-state index contributed by atoms with van der Waals surface area (Å²) in [5.74, 6) is 0.761. The van der Waals surface area contributed by atoms with Gasteiger partial charge in [0.2, 0.25) is 10.0 Å². The van der Waals surface area contributed by atoms with Crippen LogP contribution in [-0.2, 0) is 23.1 Å². The van der Waals surface area contributed by atoms with Crippen molar-refractivity contribution in [1.82, 2.24) is 4.31 Å². The van der Waals surface area contributed by atoms with Crippen molar-refractivity contribution < 1.29 is 13.5 Å². The second-order valence-electron chi connectivity index (χ2n) is 4.27. The van der Waals surface area contributed by atoms with Crippen LogP contribution in [0.4, 0.5) is 0 Å². The van der Waals surface area contributed by atoms with Crippen molar-refractivity contribution in [3.63, 3.8) is 0 Å². The molecule has 0 radical (unpaired) electrons. The van der Waals surface area contributed by atoms with E-state index in [0.29, 0.717) is 23.4 Å². The average Bonchev–Trinajstić information content (AvgIpc) is 2.43. The van der Waals surface area contributed by atoms with E-state index >= 15 is 0 Å². The predicted octanol–water partition coefficient (Wildman–Crippen LogP) is 1.72. The maximum absolute atomic E-state index is 12.5. The van der Waals surface area contributed by atoms with E-state index < -0.39 is 10.0 Å². The number of thioether (sulfide) groups is 1. The molecule has 1 aromatic carbocycles. The molecular formula is C13H21NO3S2. The Balaban J connectivity index is 3.18. The first kappa shape index (κ1) is 16.5. The molecular weight excluding hydrogens is 282 g/mol. The molecule has 4 nitrogen and oxygen atoms in total. The molecule has 0 spiro atoms. The summed E-state index contributed by atoms with van der Waals surface area (Å²) in [4.78, 5) is 0.310. The minimum absolute atomic E-state index is 0.152. The molecule has 0 bridgehead atoms. The number of hydrogen-bond acceptors (Lipinski definition) is 4. The molecule has 1 aromatic rings. The minimum atomic E-state index is -3.48. The third-order valence-corrected chi connectivity index (χ3v) is 5.52. The first-order chi connectivity index (χ1) is 8.97. The van der Waals surface area contributed by atoms with Gasteiger partial charge in [-0.25, -0.2) is 12.7 Å². The van der Waals surface area contributed by atoms with Gasteiger partial charge in [-0.15, -0.1) is 0 Å². The number of rotatable bonds is 7. The van der Waals surface area contributed by atoms with Crippen LogP contribution in [0.15, 0.2) is 23.1 Å². The summed E-state index contributed by atoms with van der Waals surface area (Å²) in [6.45, 7) is 2.26. The van der Waals surface area contributed by atoms with E-state index in [2.05, 4.69) is 0 Å². The van der Waals surface area contributed by atoms with Crippen LogP contribution in [0, 0.1) is 0 Å². The molecule has 6 heteroatoms. The van der Waals surface area contributed by atoms with Crippen molar-refractivity contribution in [1.29, 1.82) is 0 Å². The quantitative estimate of drug-likeness (QED) is 0.833. The van der Waals surface area contributed by atoms with E-state index in [1.807, 2.05) is 13.2 Å². The molecule has 19 heavy (non-hydrogen) atoms. The molecule has 0 aliphatic carbocycles. The van der Waals surface area contributed by atoms with Crippen LogP contribution in [0.1, 0.15) is 18.1 Å². The molecule has 0 unspecified atom stereocenters. The maximum Gasteiger partial charge on any atom is 0.243 e. The monoisotopic (exact) mass is 303 g/mol. The molecule has 0 aliphatic heterocycles. The highest BCUT2D eigenvalue weighted by molar-refractivity contribution is 7.98. The molecule has 0 fully saturated rings. The third-order valence-electron chi connectivity index (χ3n) is 2.99. The van der Waals surface area contributed by atoms with Gasteiger partial charge < -0.3 is 5.11 Å². The van der Waals surface area contributed by atoms with Gasteiger partial charge in [-0.1, -0.05) is 19.1 Å². The Morgan fingerprint density at radius 3 is 2.58 bits per heavy atom. The fourth-order valence-corrected chi connectivity index (χ4v) is 3.82. The average molecular weight is 303 g/mol. The highest BCUT2D eigenvalue weighted by Crippen LogP contribution is 2.22. The first-order valence-electron chi connectivity index (χ1n) is 6.15. The molecule has 0 atom stereocenters. The van der Waals surface area contributed by atoms with Gasteiger partial charge in [0.25, 0.3) is 0 Å². The van der Waals surface area contributed by atoms with Crippen molar-refractivity contribution in [3.05, 3.63) is 29.3 Å². The lowest BCUT2D eigenvalue weighted by atomic mass is 10.1. The van der Waals surface area contributed by atoms with Crippen molar-refractivity contribution in [2.24, 2.45) is 0 Å². The zero-order chi connectivity index (χ0) is 14.5. The summed E-state index contributed by atoms with van der Waals surface area (Å²) in [5, 5.41) is 9.16. The van der Waals surface area contributed by atoms with Gasteiger partial charge >= 0.3 is 0 Å². The molecule has 1 rings (SSSR count). The van der Waals surface area contributed by atoms with E-state index in [9.17, 15) is 8.42 Å². The number of sulfonamides is 1. The van der Waals surface area contributed by atoms with Crippen molar-refractivity contribution in [2.45, 2.75) is 24.8 Å². The highest BCUT2D eigenvalue weighted by atomic mass is 32.2. The van der Waals surface area contributed by atoms with E-state index in [1.165, 1.54) is 4.31 Å². The summed E-state index contributed by atoms with van der Waals surface area (Å²) in [6.07, 6.45) is 2.60. The molecule has 0 amide bonds. The van der Waals surface area contributed by atoms with E-state index in [1.54, 1.807) is 37.0 Å². The van der Waals surface area contributed by atoms with Crippen LogP contribution >= 0.6 is 11.8 Å². The Morgan fingerprint density at radius 1 is 1.37 bits per heavy atom. The molecule has 0 aliphatic rings. The SMILES string of the molecule is CCc1ccc(CO)cc1S(=O)(=O)N(C)CCSC. The third kappa shape index (κ3) is 3.95. The second-order valence-corrected chi connectivity index (χ2v) is 7.27. The Kier molecular flexibility index (Phi) is 6.32. The lowest BCUT2D eigenvalue weighted by Crippen LogP contribution is -2.30. The smallest absolute Gasteiger partial charge is 0.243 e. The largest absolute Gasteiger partial charge is 0.392 e. The minimum Gasteiger partial charge on any atom is -0.392 e. The summed E-state index contributed by atoms with van der Waals surface area (Å²) in [5.41, 5.74) is 1.40. The lowest BCUT2D eigenvalue weighted by molar-refractivity contribution is 0.281.